The number of esters is 1. The summed E-state index contributed by atoms with van der Waals surface area (Å²) in [6.45, 7) is 1.31. The Labute approximate surface area is 219 Å². The van der Waals surface area contributed by atoms with Crippen LogP contribution in [0.15, 0.2) is 35.0 Å². The van der Waals surface area contributed by atoms with Crippen molar-refractivity contribution >= 4 is 16.9 Å². The van der Waals surface area contributed by atoms with Crippen LogP contribution in [0.1, 0.15) is 31.7 Å². The second kappa shape index (κ2) is 10.1. The van der Waals surface area contributed by atoms with Crippen molar-refractivity contribution in [3.63, 3.8) is 0 Å². The lowest BCUT2D eigenvalue weighted by Gasteiger charge is -2.62. The van der Waals surface area contributed by atoms with Crippen LogP contribution in [0.2, 0.25) is 0 Å². The molecule has 2 aromatic rings. The van der Waals surface area contributed by atoms with E-state index in [1.807, 2.05) is 0 Å². The quantitative estimate of drug-likeness (QED) is 0.240. The van der Waals surface area contributed by atoms with Crippen molar-refractivity contribution in [2.24, 2.45) is 11.8 Å². The topological polar surface area (TPSA) is 168 Å². The molecule has 11 nitrogen and oxygen atoms in total. The normalized spacial score (nSPS) is 36.1. The second-order valence-corrected chi connectivity index (χ2v) is 10.2. The molecular formula is C27H34O11. The maximum absolute atomic E-state index is 12.1. The third-order valence-electron chi connectivity index (χ3n) is 8.11. The zero-order valence-corrected chi connectivity index (χ0v) is 21.3. The molecule has 0 amide bonds. The summed E-state index contributed by atoms with van der Waals surface area (Å²) in [6.07, 6.45) is -0.354. The fraction of sp³-hybridized carbons (Fsp3) is 0.593. The van der Waals surface area contributed by atoms with Gasteiger partial charge in [0.25, 0.3) is 0 Å². The highest BCUT2D eigenvalue weighted by Crippen LogP contribution is 2.55. The van der Waals surface area contributed by atoms with E-state index < -0.39 is 60.2 Å². The maximum Gasteiger partial charge on any atom is 0.306 e. The number of methoxy groups -OCH3 is 1. The number of rotatable bonds is 8. The van der Waals surface area contributed by atoms with Gasteiger partial charge in [0.1, 0.15) is 17.8 Å². The van der Waals surface area contributed by atoms with Crippen molar-refractivity contribution in [3.8, 4) is 11.5 Å². The van der Waals surface area contributed by atoms with Crippen molar-refractivity contribution in [2.75, 3.05) is 20.3 Å². The van der Waals surface area contributed by atoms with Crippen molar-refractivity contribution < 1.29 is 53.7 Å². The first-order chi connectivity index (χ1) is 18.2. The molecule has 8 atom stereocenters. The van der Waals surface area contributed by atoms with Crippen LogP contribution in [-0.4, -0.2) is 87.6 Å². The molecular weight excluding hydrogens is 500 g/mol. The molecule has 0 radical (unpaired) electrons. The largest absolute Gasteiger partial charge is 0.490 e. The van der Waals surface area contributed by atoms with Gasteiger partial charge in [0.15, 0.2) is 16.9 Å². The Bertz CT molecular complexity index is 1210. The van der Waals surface area contributed by atoms with E-state index >= 15 is 0 Å². The minimum absolute atomic E-state index is 0.0226. The second-order valence-electron chi connectivity index (χ2n) is 10.2. The van der Waals surface area contributed by atoms with Crippen LogP contribution in [0.5, 0.6) is 11.5 Å². The summed E-state index contributed by atoms with van der Waals surface area (Å²) in [7, 11) is 1.42. The van der Waals surface area contributed by atoms with Crippen molar-refractivity contribution in [1.82, 2.24) is 0 Å². The summed E-state index contributed by atoms with van der Waals surface area (Å²) in [4.78, 5) is 12.1. The highest BCUT2D eigenvalue weighted by molar-refractivity contribution is 5.87. The first kappa shape index (κ1) is 26.9. The molecule has 5 N–H and O–H groups in total. The Kier molecular flexibility index (Phi) is 7.18. The van der Waals surface area contributed by atoms with E-state index in [2.05, 4.69) is 0 Å². The van der Waals surface area contributed by atoms with E-state index in [1.165, 1.54) is 13.4 Å². The third-order valence-corrected chi connectivity index (χ3v) is 8.11. The molecule has 1 saturated heterocycles. The van der Waals surface area contributed by atoms with Gasteiger partial charge in [-0.05, 0) is 49.8 Å². The first-order valence-corrected chi connectivity index (χ1v) is 12.8. The van der Waals surface area contributed by atoms with Crippen LogP contribution in [0, 0.1) is 11.8 Å². The number of aliphatic hydroxyl groups excluding tert-OH is 3. The number of carbonyl (C=O) groups excluding carboxylic acids is 1. The highest BCUT2D eigenvalue weighted by atomic mass is 16.7. The van der Waals surface area contributed by atoms with E-state index in [0.29, 0.717) is 16.5 Å². The van der Waals surface area contributed by atoms with Gasteiger partial charge in [-0.15, -0.1) is 0 Å². The smallest absolute Gasteiger partial charge is 0.306 e. The van der Waals surface area contributed by atoms with Gasteiger partial charge in [-0.1, -0.05) is 12.2 Å². The zero-order valence-electron chi connectivity index (χ0n) is 21.3. The van der Waals surface area contributed by atoms with Crippen LogP contribution in [0.4, 0.5) is 0 Å². The molecule has 11 heteroatoms. The lowest BCUT2D eigenvalue weighted by atomic mass is 9.55. The van der Waals surface area contributed by atoms with Gasteiger partial charge in [0.2, 0.25) is 12.0 Å². The van der Waals surface area contributed by atoms with E-state index in [9.17, 15) is 30.3 Å². The predicted molar refractivity (Wildman–Crippen MR) is 131 cm³/mol. The molecule has 2 aliphatic carbocycles. The van der Waals surface area contributed by atoms with Gasteiger partial charge in [0.05, 0.1) is 32.7 Å². The summed E-state index contributed by atoms with van der Waals surface area (Å²) in [5.74, 6) is -1.26. The molecule has 1 aromatic heterocycles. The summed E-state index contributed by atoms with van der Waals surface area (Å²) in [6, 6.07) is 3.49. The molecule has 1 aliphatic heterocycles. The Morgan fingerprint density at radius 2 is 2.00 bits per heavy atom. The maximum atomic E-state index is 12.1. The standard InChI is InChI=1S/C27H34O11/c1-3-35-20(30)7-5-14-10-15-8-9-36-21(15)23(34-2)22(14)38-25-27(33)18-11-17(29)6-4-16(18)12-26(32,24(27)31)19(13-28)37-25/h4,6,8-10,16-19,24-25,28-29,31-33H,3,5,7,11-13H2,1-2H3/t16-,17-,18+,19-,24+,25+,26-,27-/m1/s1. The number of fused-ring (bicyclic) bond motifs is 5. The number of ether oxygens (including phenoxy) is 4. The molecule has 38 heavy (non-hydrogen) atoms. The van der Waals surface area contributed by atoms with E-state index in [4.69, 9.17) is 23.4 Å². The summed E-state index contributed by atoms with van der Waals surface area (Å²) < 4.78 is 28.6. The van der Waals surface area contributed by atoms with E-state index in [-0.39, 0.29) is 43.8 Å². The van der Waals surface area contributed by atoms with Crippen LogP contribution >= 0.6 is 0 Å². The van der Waals surface area contributed by atoms with E-state index in [0.717, 1.165) is 0 Å². The van der Waals surface area contributed by atoms with Crippen LogP contribution in [0.3, 0.4) is 0 Å². The predicted octanol–water partition coefficient (Wildman–Crippen LogP) is 0.813. The summed E-state index contributed by atoms with van der Waals surface area (Å²) in [5, 5.41) is 55.9. The molecule has 0 unspecified atom stereocenters. The average molecular weight is 535 g/mol. The van der Waals surface area contributed by atoms with Crippen LogP contribution in [0.25, 0.3) is 11.0 Å². The lowest BCUT2D eigenvalue weighted by molar-refractivity contribution is -0.386. The molecule has 1 aromatic carbocycles. The number of benzene rings is 1. The Balaban J connectivity index is 1.59. The number of furan rings is 1. The van der Waals surface area contributed by atoms with Gasteiger partial charge in [-0.25, -0.2) is 0 Å². The Morgan fingerprint density at radius 1 is 1.21 bits per heavy atom. The van der Waals surface area contributed by atoms with Gasteiger partial charge < -0.3 is 48.9 Å². The average Bonchev–Trinajstić information content (AvgIpc) is 3.36. The lowest BCUT2D eigenvalue weighted by Crippen LogP contribution is -2.80. The molecule has 2 fully saturated rings. The fourth-order valence-electron chi connectivity index (χ4n) is 6.26. The van der Waals surface area contributed by atoms with Crippen molar-refractivity contribution in [1.29, 1.82) is 0 Å². The minimum atomic E-state index is -2.17. The molecule has 2 heterocycles. The molecule has 0 spiro atoms. The monoisotopic (exact) mass is 534 g/mol. The minimum Gasteiger partial charge on any atom is -0.490 e. The summed E-state index contributed by atoms with van der Waals surface area (Å²) in [5.41, 5.74) is -3.24. The van der Waals surface area contributed by atoms with Gasteiger partial charge in [-0.3, -0.25) is 4.79 Å². The highest BCUT2D eigenvalue weighted by Gasteiger charge is 2.71. The number of hydrogen-bond donors (Lipinski definition) is 5. The number of allylic oxidation sites excluding steroid dienone is 1. The fourth-order valence-corrected chi connectivity index (χ4v) is 6.26. The molecule has 3 aliphatic rings. The summed E-state index contributed by atoms with van der Waals surface area (Å²) >= 11 is 0. The van der Waals surface area contributed by atoms with Crippen molar-refractivity contribution in [3.05, 3.63) is 36.1 Å². The number of carbonyl (C=O) groups is 1. The van der Waals surface area contributed by atoms with Gasteiger partial charge >= 0.3 is 5.97 Å². The Hall–Kier alpha value is -2.67. The Morgan fingerprint density at radius 3 is 2.71 bits per heavy atom. The SMILES string of the molecule is CCOC(=O)CCc1cc2ccoc2c(OC)c1O[C@@H]1O[C@H](CO)[C@]2(O)C[C@H]3C=C[C@@H](O)C[C@@H]3[C@@]1(O)[C@H]2O. The van der Waals surface area contributed by atoms with Crippen LogP contribution < -0.4 is 9.47 Å². The number of aliphatic hydroxyl groups is 5. The van der Waals surface area contributed by atoms with Gasteiger partial charge in [-0.2, -0.15) is 0 Å². The van der Waals surface area contributed by atoms with Gasteiger partial charge in [0, 0.05) is 17.7 Å². The molecule has 208 valence electrons. The van der Waals surface area contributed by atoms with Crippen LogP contribution in [-0.2, 0) is 20.7 Å². The first-order valence-electron chi connectivity index (χ1n) is 12.8. The molecule has 5 rings (SSSR count). The number of hydrogen-bond acceptors (Lipinski definition) is 11. The molecule has 2 bridgehead atoms. The zero-order chi connectivity index (χ0) is 27.2. The number of aryl methyl sites for hydroxylation is 1. The third kappa shape index (κ3) is 4.18. The molecule has 1 saturated carbocycles. The van der Waals surface area contributed by atoms with Crippen molar-refractivity contribution in [2.45, 2.75) is 68.4 Å². The van der Waals surface area contributed by atoms with E-state index in [1.54, 1.807) is 31.2 Å².